The first-order valence-corrected chi connectivity index (χ1v) is 10.7. The average Bonchev–Trinajstić information content (AvgIpc) is 3.25. The largest absolute Gasteiger partial charge is 0.321 e. The summed E-state index contributed by atoms with van der Waals surface area (Å²) in [6.07, 6.45) is 0. The molecular formula is C24H24FN3OS. The summed E-state index contributed by atoms with van der Waals surface area (Å²) in [6.45, 7) is 8.95. The number of nitrogens with one attached hydrogen (secondary N) is 1. The third-order valence-corrected chi connectivity index (χ3v) is 6.23. The molecule has 0 radical (unpaired) electrons. The van der Waals surface area contributed by atoms with E-state index in [-0.39, 0.29) is 17.1 Å². The number of amides is 1. The van der Waals surface area contributed by atoms with Crippen LogP contribution in [0.25, 0.3) is 10.2 Å². The fraction of sp³-hybridized carbons (Fsp3) is 0.250. The molecular weight excluding hydrogens is 397 g/mol. The van der Waals surface area contributed by atoms with Gasteiger partial charge in [0.1, 0.15) is 10.6 Å². The molecule has 0 aliphatic rings. The van der Waals surface area contributed by atoms with Crippen molar-refractivity contribution in [3.8, 4) is 0 Å². The monoisotopic (exact) mass is 421 g/mol. The zero-order valence-corrected chi connectivity index (χ0v) is 18.3. The first kappa shape index (κ1) is 20.3. The van der Waals surface area contributed by atoms with Crippen LogP contribution in [-0.4, -0.2) is 15.7 Å². The average molecular weight is 422 g/mol. The van der Waals surface area contributed by atoms with Crippen molar-refractivity contribution in [1.82, 2.24) is 9.78 Å². The molecule has 6 heteroatoms. The predicted molar refractivity (Wildman–Crippen MR) is 121 cm³/mol. The van der Waals surface area contributed by atoms with Gasteiger partial charge in [-0.3, -0.25) is 9.48 Å². The molecule has 1 N–H and O–H groups in total. The molecule has 4 aromatic rings. The Morgan fingerprint density at radius 1 is 1.10 bits per heavy atom. The van der Waals surface area contributed by atoms with Crippen LogP contribution in [0, 0.1) is 12.7 Å². The molecule has 154 valence electrons. The van der Waals surface area contributed by atoms with E-state index in [4.69, 9.17) is 0 Å². The Bertz CT molecular complexity index is 1200. The Balaban J connectivity index is 1.56. The van der Waals surface area contributed by atoms with Gasteiger partial charge in [0.2, 0.25) is 0 Å². The van der Waals surface area contributed by atoms with E-state index in [1.54, 1.807) is 12.1 Å². The fourth-order valence-corrected chi connectivity index (χ4v) is 4.40. The SMILES string of the molecule is Cc1nn(Cc2ccc(F)cc2)c2sc(C(=O)Nc3ccc(C(C)(C)C)cc3)cc12. The number of halogens is 1. The van der Waals surface area contributed by atoms with Gasteiger partial charge in [-0.05, 0) is 53.8 Å². The summed E-state index contributed by atoms with van der Waals surface area (Å²) in [5.74, 6) is -0.390. The van der Waals surface area contributed by atoms with E-state index in [1.165, 1.54) is 29.0 Å². The van der Waals surface area contributed by atoms with Gasteiger partial charge in [0, 0.05) is 11.1 Å². The van der Waals surface area contributed by atoms with Crippen molar-refractivity contribution in [2.24, 2.45) is 0 Å². The van der Waals surface area contributed by atoms with Gasteiger partial charge in [0.05, 0.1) is 17.1 Å². The summed E-state index contributed by atoms with van der Waals surface area (Å²) in [7, 11) is 0. The first-order valence-electron chi connectivity index (χ1n) is 9.84. The number of aromatic nitrogens is 2. The molecule has 4 rings (SSSR count). The highest BCUT2D eigenvalue weighted by atomic mass is 32.1. The van der Waals surface area contributed by atoms with Gasteiger partial charge in [-0.2, -0.15) is 5.10 Å². The highest BCUT2D eigenvalue weighted by molar-refractivity contribution is 7.20. The van der Waals surface area contributed by atoms with Crippen molar-refractivity contribution < 1.29 is 9.18 Å². The molecule has 2 heterocycles. The number of nitrogens with zero attached hydrogens (tertiary/aromatic N) is 2. The van der Waals surface area contributed by atoms with Gasteiger partial charge in [0.15, 0.2) is 0 Å². The van der Waals surface area contributed by atoms with Crippen LogP contribution >= 0.6 is 11.3 Å². The normalized spacial score (nSPS) is 11.8. The van der Waals surface area contributed by atoms with Crippen LogP contribution in [0.2, 0.25) is 0 Å². The molecule has 30 heavy (non-hydrogen) atoms. The van der Waals surface area contributed by atoms with Crippen LogP contribution in [0.15, 0.2) is 54.6 Å². The van der Waals surface area contributed by atoms with Gasteiger partial charge < -0.3 is 5.32 Å². The summed E-state index contributed by atoms with van der Waals surface area (Å²) in [4.78, 5) is 14.4. The number of anilines is 1. The van der Waals surface area contributed by atoms with Gasteiger partial charge in [-0.1, -0.05) is 45.0 Å². The fourth-order valence-electron chi connectivity index (χ4n) is 3.34. The molecule has 1 amide bonds. The van der Waals surface area contributed by atoms with Crippen LogP contribution in [0.5, 0.6) is 0 Å². The number of carbonyl (C=O) groups is 1. The highest BCUT2D eigenvalue weighted by Crippen LogP contribution is 2.30. The van der Waals surface area contributed by atoms with E-state index in [0.717, 1.165) is 27.2 Å². The molecule has 0 fully saturated rings. The van der Waals surface area contributed by atoms with Crippen molar-refractivity contribution in [2.75, 3.05) is 5.32 Å². The minimum absolute atomic E-state index is 0.0714. The number of hydrogen-bond donors (Lipinski definition) is 1. The van der Waals surface area contributed by atoms with Gasteiger partial charge in [0.25, 0.3) is 5.91 Å². The molecule has 0 atom stereocenters. The second-order valence-electron chi connectivity index (χ2n) is 8.48. The van der Waals surface area contributed by atoms with Crippen molar-refractivity contribution in [3.05, 3.63) is 82.1 Å². The Kier molecular flexibility index (Phi) is 5.20. The molecule has 2 aromatic carbocycles. The lowest BCUT2D eigenvalue weighted by atomic mass is 9.87. The smallest absolute Gasteiger partial charge is 0.265 e. The van der Waals surface area contributed by atoms with Crippen LogP contribution in [0.4, 0.5) is 10.1 Å². The van der Waals surface area contributed by atoms with E-state index in [1.807, 2.05) is 41.9 Å². The summed E-state index contributed by atoms with van der Waals surface area (Å²) < 4.78 is 15.0. The van der Waals surface area contributed by atoms with Crippen molar-refractivity contribution in [1.29, 1.82) is 0 Å². The van der Waals surface area contributed by atoms with Crippen LogP contribution in [0.3, 0.4) is 0 Å². The number of thiophene rings is 1. The van der Waals surface area contributed by atoms with Crippen molar-refractivity contribution in [3.63, 3.8) is 0 Å². The number of hydrogen-bond acceptors (Lipinski definition) is 3. The molecule has 0 spiro atoms. The van der Waals surface area contributed by atoms with E-state index in [2.05, 4.69) is 31.2 Å². The number of rotatable bonds is 4. The number of benzene rings is 2. The quantitative estimate of drug-likeness (QED) is 0.430. The first-order chi connectivity index (χ1) is 14.2. The van der Waals surface area contributed by atoms with Crippen LogP contribution < -0.4 is 5.32 Å². The van der Waals surface area contributed by atoms with Crippen LogP contribution in [-0.2, 0) is 12.0 Å². The summed E-state index contributed by atoms with van der Waals surface area (Å²) >= 11 is 1.42. The van der Waals surface area contributed by atoms with E-state index < -0.39 is 0 Å². The second kappa shape index (κ2) is 7.69. The maximum absolute atomic E-state index is 13.2. The van der Waals surface area contributed by atoms with Crippen molar-refractivity contribution >= 4 is 33.1 Å². The standard InChI is InChI=1S/C24H24FN3OS/c1-15-20-13-21(22(29)26-19-11-7-17(8-12-19)24(2,3)4)30-23(20)28(27-15)14-16-5-9-18(25)10-6-16/h5-13H,14H2,1-4H3,(H,26,29). The Hall–Kier alpha value is -2.99. The Labute approximate surface area is 179 Å². The summed E-state index contributed by atoms with van der Waals surface area (Å²) in [5.41, 5.74) is 3.90. The van der Waals surface area contributed by atoms with Crippen molar-refractivity contribution in [2.45, 2.75) is 39.7 Å². The zero-order chi connectivity index (χ0) is 21.5. The highest BCUT2D eigenvalue weighted by Gasteiger charge is 2.17. The van der Waals surface area contributed by atoms with Gasteiger partial charge in [-0.25, -0.2) is 4.39 Å². The zero-order valence-electron chi connectivity index (χ0n) is 17.5. The molecule has 0 saturated heterocycles. The molecule has 4 nitrogen and oxygen atoms in total. The van der Waals surface area contributed by atoms with E-state index in [9.17, 15) is 9.18 Å². The van der Waals surface area contributed by atoms with Gasteiger partial charge in [-0.15, -0.1) is 11.3 Å². The topological polar surface area (TPSA) is 46.9 Å². The number of carbonyl (C=O) groups excluding carboxylic acids is 1. The maximum Gasteiger partial charge on any atom is 0.265 e. The molecule has 0 bridgehead atoms. The minimum atomic E-state index is -0.258. The van der Waals surface area contributed by atoms with Gasteiger partial charge >= 0.3 is 0 Å². The summed E-state index contributed by atoms with van der Waals surface area (Å²) in [6, 6.07) is 16.3. The molecule has 0 aliphatic heterocycles. The third kappa shape index (κ3) is 4.14. The summed E-state index contributed by atoms with van der Waals surface area (Å²) in [5, 5.41) is 8.54. The lowest BCUT2D eigenvalue weighted by Crippen LogP contribution is -2.12. The predicted octanol–water partition coefficient (Wildman–Crippen LogP) is 6.14. The maximum atomic E-state index is 13.2. The van der Waals surface area contributed by atoms with E-state index in [0.29, 0.717) is 11.4 Å². The molecule has 0 aliphatic carbocycles. The Morgan fingerprint density at radius 3 is 2.40 bits per heavy atom. The lowest BCUT2D eigenvalue weighted by Gasteiger charge is -2.19. The molecule has 0 saturated carbocycles. The molecule has 2 aromatic heterocycles. The van der Waals surface area contributed by atoms with Crippen LogP contribution in [0.1, 0.15) is 47.3 Å². The minimum Gasteiger partial charge on any atom is -0.321 e. The Morgan fingerprint density at radius 2 is 1.77 bits per heavy atom. The van der Waals surface area contributed by atoms with E-state index >= 15 is 0 Å². The third-order valence-electron chi connectivity index (χ3n) is 5.09. The number of aryl methyl sites for hydroxylation is 1. The lowest BCUT2D eigenvalue weighted by molar-refractivity contribution is 0.103. The number of fused-ring (bicyclic) bond motifs is 1. The molecule has 0 unspecified atom stereocenters. The second-order valence-corrected chi connectivity index (χ2v) is 9.51.